The van der Waals surface area contributed by atoms with Crippen LogP contribution in [0.1, 0.15) is 11.1 Å². The van der Waals surface area contributed by atoms with Crippen LogP contribution in [0.5, 0.6) is 11.5 Å². The van der Waals surface area contributed by atoms with Gasteiger partial charge in [-0.15, -0.1) is 0 Å². The van der Waals surface area contributed by atoms with Gasteiger partial charge in [-0.1, -0.05) is 17.7 Å². The minimum atomic E-state index is -0.482. The molecule has 5 nitrogen and oxygen atoms in total. The lowest BCUT2D eigenvalue weighted by Crippen LogP contribution is -2.06. The van der Waals surface area contributed by atoms with Gasteiger partial charge < -0.3 is 10.1 Å². The zero-order chi connectivity index (χ0) is 15.4. The Hall–Kier alpha value is -2.11. The molecule has 0 aliphatic rings. The maximum Gasteiger partial charge on any atom is 0.273 e. The first-order valence-corrected chi connectivity index (χ1v) is 6.75. The monoisotopic (exact) mass is 306 g/mol. The molecule has 0 saturated carbocycles. The van der Waals surface area contributed by atoms with E-state index in [4.69, 9.17) is 16.3 Å². The molecule has 2 aromatic rings. The summed E-state index contributed by atoms with van der Waals surface area (Å²) in [6.45, 7) is 2.75. The van der Waals surface area contributed by atoms with E-state index >= 15 is 0 Å². The summed E-state index contributed by atoms with van der Waals surface area (Å²) < 4.78 is 5.66. The van der Waals surface area contributed by atoms with Gasteiger partial charge >= 0.3 is 0 Å². The molecule has 110 valence electrons. The quantitative estimate of drug-likeness (QED) is 0.668. The lowest BCUT2D eigenvalue weighted by atomic mass is 10.1. The van der Waals surface area contributed by atoms with Gasteiger partial charge in [-0.3, -0.25) is 10.1 Å². The number of rotatable bonds is 5. The zero-order valence-corrected chi connectivity index (χ0v) is 12.5. The highest BCUT2D eigenvalue weighted by Gasteiger charge is 2.12. The number of nitro benzene ring substituents is 1. The van der Waals surface area contributed by atoms with E-state index in [1.54, 1.807) is 0 Å². The summed E-state index contributed by atoms with van der Waals surface area (Å²) in [6, 6.07) is 9.76. The Morgan fingerprint density at radius 2 is 2.05 bits per heavy atom. The van der Waals surface area contributed by atoms with Crippen LogP contribution in [-0.2, 0) is 6.54 Å². The zero-order valence-electron chi connectivity index (χ0n) is 11.7. The van der Waals surface area contributed by atoms with Gasteiger partial charge in [0.2, 0.25) is 0 Å². The average molecular weight is 307 g/mol. The molecule has 0 saturated heterocycles. The van der Waals surface area contributed by atoms with Crippen molar-refractivity contribution >= 4 is 17.3 Å². The van der Waals surface area contributed by atoms with Crippen molar-refractivity contribution in [2.75, 3.05) is 7.05 Å². The van der Waals surface area contributed by atoms with E-state index in [0.717, 1.165) is 17.7 Å². The van der Waals surface area contributed by atoms with Gasteiger partial charge in [0.05, 0.1) is 16.0 Å². The molecule has 0 heterocycles. The minimum Gasteiger partial charge on any atom is -0.456 e. The highest BCUT2D eigenvalue weighted by atomic mass is 35.5. The van der Waals surface area contributed by atoms with E-state index < -0.39 is 4.92 Å². The van der Waals surface area contributed by atoms with Gasteiger partial charge in [-0.2, -0.15) is 0 Å². The summed E-state index contributed by atoms with van der Waals surface area (Å²) in [7, 11) is 1.88. The van der Waals surface area contributed by atoms with Crippen molar-refractivity contribution < 1.29 is 9.66 Å². The first kappa shape index (κ1) is 15.3. The second kappa shape index (κ2) is 6.56. The molecule has 0 fully saturated rings. The van der Waals surface area contributed by atoms with E-state index in [0.29, 0.717) is 10.8 Å². The fourth-order valence-electron chi connectivity index (χ4n) is 1.93. The average Bonchev–Trinajstić information content (AvgIpc) is 2.44. The van der Waals surface area contributed by atoms with E-state index in [9.17, 15) is 10.1 Å². The standard InChI is InChI=1S/C15H15ClN2O3/c1-10-7-13(5-3-11(10)9-17-2)21-15-8-12(18(19)20)4-6-14(15)16/h3-8,17H,9H2,1-2H3. The first-order chi connectivity index (χ1) is 10.0. The number of nitrogens with one attached hydrogen (secondary N) is 1. The summed E-state index contributed by atoms with van der Waals surface area (Å²) in [4.78, 5) is 10.3. The largest absolute Gasteiger partial charge is 0.456 e. The molecule has 2 rings (SSSR count). The van der Waals surface area contributed by atoms with Crippen LogP contribution in [0.3, 0.4) is 0 Å². The number of halogens is 1. The van der Waals surface area contributed by atoms with Crippen molar-refractivity contribution in [3.8, 4) is 11.5 Å². The van der Waals surface area contributed by atoms with Crippen LogP contribution >= 0.6 is 11.6 Å². The Morgan fingerprint density at radius 3 is 2.67 bits per heavy atom. The van der Waals surface area contributed by atoms with Crippen LogP contribution in [0.25, 0.3) is 0 Å². The molecule has 0 spiro atoms. The molecule has 1 N–H and O–H groups in total. The van der Waals surface area contributed by atoms with Crippen molar-refractivity contribution in [2.24, 2.45) is 0 Å². The van der Waals surface area contributed by atoms with Gasteiger partial charge in [0.1, 0.15) is 5.75 Å². The molecule has 0 aliphatic carbocycles. The molecular weight excluding hydrogens is 292 g/mol. The fourth-order valence-corrected chi connectivity index (χ4v) is 2.09. The van der Waals surface area contributed by atoms with Crippen LogP contribution in [0, 0.1) is 17.0 Å². The van der Waals surface area contributed by atoms with Crippen molar-refractivity contribution in [3.05, 3.63) is 62.7 Å². The maximum atomic E-state index is 10.8. The highest BCUT2D eigenvalue weighted by molar-refractivity contribution is 6.32. The predicted octanol–water partition coefficient (Wildman–Crippen LogP) is 4.07. The van der Waals surface area contributed by atoms with E-state index in [1.807, 2.05) is 32.2 Å². The van der Waals surface area contributed by atoms with Crippen LogP contribution < -0.4 is 10.1 Å². The molecule has 0 aliphatic heterocycles. The summed E-state index contributed by atoms with van der Waals surface area (Å²) in [5, 5.41) is 14.2. The molecule has 2 aromatic carbocycles. The number of hydrogen-bond donors (Lipinski definition) is 1. The van der Waals surface area contributed by atoms with Gasteiger partial charge in [0, 0.05) is 12.6 Å². The van der Waals surface area contributed by atoms with E-state index in [-0.39, 0.29) is 11.4 Å². The molecule has 0 bridgehead atoms. The van der Waals surface area contributed by atoms with Gasteiger partial charge in [-0.05, 0) is 43.3 Å². The smallest absolute Gasteiger partial charge is 0.273 e. The predicted molar refractivity (Wildman–Crippen MR) is 82.1 cm³/mol. The second-order valence-electron chi connectivity index (χ2n) is 4.59. The third-order valence-electron chi connectivity index (χ3n) is 3.03. The van der Waals surface area contributed by atoms with Crippen LogP contribution in [-0.4, -0.2) is 12.0 Å². The minimum absolute atomic E-state index is 0.0575. The molecule has 6 heteroatoms. The van der Waals surface area contributed by atoms with Crippen LogP contribution in [0.15, 0.2) is 36.4 Å². The Morgan fingerprint density at radius 1 is 1.29 bits per heavy atom. The number of nitro groups is 1. The van der Waals surface area contributed by atoms with Gasteiger partial charge in [0.15, 0.2) is 5.75 Å². The Bertz CT molecular complexity index is 674. The molecular formula is C15H15ClN2O3. The molecule has 0 amide bonds. The summed E-state index contributed by atoms with van der Waals surface area (Å²) >= 11 is 6.01. The number of nitrogens with zero attached hydrogens (tertiary/aromatic N) is 1. The van der Waals surface area contributed by atoms with Crippen LogP contribution in [0.2, 0.25) is 5.02 Å². The van der Waals surface area contributed by atoms with Crippen molar-refractivity contribution in [3.63, 3.8) is 0 Å². The maximum absolute atomic E-state index is 10.8. The number of benzene rings is 2. The molecule has 0 unspecified atom stereocenters. The number of aryl methyl sites for hydroxylation is 1. The lowest BCUT2D eigenvalue weighted by molar-refractivity contribution is -0.384. The van der Waals surface area contributed by atoms with E-state index in [2.05, 4.69) is 5.32 Å². The molecule has 0 radical (unpaired) electrons. The Labute approximate surface area is 127 Å². The fraction of sp³-hybridized carbons (Fsp3) is 0.200. The number of non-ortho nitro benzene ring substituents is 1. The summed E-state index contributed by atoms with van der Waals surface area (Å²) in [5.41, 5.74) is 2.18. The highest BCUT2D eigenvalue weighted by Crippen LogP contribution is 2.33. The third-order valence-corrected chi connectivity index (χ3v) is 3.35. The normalized spacial score (nSPS) is 10.4. The summed E-state index contributed by atoms with van der Waals surface area (Å²) in [6.07, 6.45) is 0. The third kappa shape index (κ3) is 3.71. The Balaban J connectivity index is 2.27. The lowest BCUT2D eigenvalue weighted by Gasteiger charge is -2.10. The SMILES string of the molecule is CNCc1ccc(Oc2cc([N+](=O)[O-])ccc2Cl)cc1C. The van der Waals surface area contributed by atoms with Gasteiger partial charge in [-0.25, -0.2) is 0 Å². The molecule has 0 aromatic heterocycles. The summed E-state index contributed by atoms with van der Waals surface area (Å²) in [5.74, 6) is 0.862. The van der Waals surface area contributed by atoms with Crippen molar-refractivity contribution in [1.29, 1.82) is 0 Å². The number of hydrogen-bond acceptors (Lipinski definition) is 4. The van der Waals surface area contributed by atoms with Crippen LogP contribution in [0.4, 0.5) is 5.69 Å². The second-order valence-corrected chi connectivity index (χ2v) is 5.00. The molecule has 21 heavy (non-hydrogen) atoms. The van der Waals surface area contributed by atoms with E-state index in [1.165, 1.54) is 18.2 Å². The topological polar surface area (TPSA) is 64.4 Å². The van der Waals surface area contributed by atoms with Crippen molar-refractivity contribution in [2.45, 2.75) is 13.5 Å². The van der Waals surface area contributed by atoms with Gasteiger partial charge in [0.25, 0.3) is 5.69 Å². The Kier molecular flexibility index (Phi) is 4.77. The number of ether oxygens (including phenoxy) is 1. The van der Waals surface area contributed by atoms with Crippen molar-refractivity contribution in [1.82, 2.24) is 5.32 Å². The molecule has 0 atom stereocenters. The first-order valence-electron chi connectivity index (χ1n) is 6.37.